The molecule has 0 aliphatic carbocycles. The molecule has 0 atom stereocenters. The lowest BCUT2D eigenvalue weighted by molar-refractivity contribution is 0.605. The second-order valence-electron chi connectivity index (χ2n) is 2.78. The van der Waals surface area contributed by atoms with Crippen LogP contribution in [0.2, 0.25) is 0 Å². The van der Waals surface area contributed by atoms with E-state index in [-0.39, 0.29) is 0 Å². The predicted molar refractivity (Wildman–Crippen MR) is 45.7 cm³/mol. The van der Waals surface area contributed by atoms with Crippen LogP contribution < -0.4 is 5.32 Å². The summed E-state index contributed by atoms with van der Waals surface area (Å²) in [5, 5.41) is 24.2. The summed E-state index contributed by atoms with van der Waals surface area (Å²) in [7, 11) is 1.85. The summed E-state index contributed by atoms with van der Waals surface area (Å²) >= 11 is 0. The highest BCUT2D eigenvalue weighted by atomic mass is 15.5. The smallest absolute Gasteiger partial charge is 0.188 e. The Kier molecular flexibility index (Phi) is 2.45. The van der Waals surface area contributed by atoms with E-state index in [9.17, 15) is 0 Å². The third-order valence-corrected chi connectivity index (χ3v) is 1.79. The highest BCUT2D eigenvalue weighted by Gasteiger charge is 2.00. The Labute approximate surface area is 79.7 Å². The van der Waals surface area contributed by atoms with Gasteiger partial charge in [0, 0.05) is 13.6 Å². The molecule has 0 aliphatic heterocycles. The van der Waals surface area contributed by atoms with Gasteiger partial charge < -0.3 is 5.32 Å². The van der Waals surface area contributed by atoms with Crippen molar-refractivity contribution in [1.29, 1.82) is 0 Å². The number of aromatic nitrogens is 7. The first-order valence-corrected chi connectivity index (χ1v) is 4.13. The van der Waals surface area contributed by atoms with Crippen LogP contribution in [0.3, 0.4) is 0 Å². The number of rotatable bonds is 4. The molecule has 0 saturated carbocycles. The summed E-state index contributed by atoms with van der Waals surface area (Å²) in [4.78, 5) is 0. The number of aromatic amines is 1. The Morgan fingerprint density at radius 3 is 3.07 bits per heavy atom. The van der Waals surface area contributed by atoms with E-state index in [1.165, 1.54) is 0 Å². The number of tetrazole rings is 1. The molecule has 0 fully saturated rings. The molecule has 8 heteroatoms. The summed E-state index contributed by atoms with van der Waals surface area (Å²) in [5.74, 6) is 0.639. The zero-order valence-electron chi connectivity index (χ0n) is 7.67. The topological polar surface area (TPSA) is 97.2 Å². The molecular formula is C6H10N8. The largest absolute Gasteiger partial charge is 0.304 e. The van der Waals surface area contributed by atoms with E-state index in [0.717, 1.165) is 5.69 Å². The molecule has 0 amide bonds. The number of hydrogen-bond acceptors (Lipinski definition) is 6. The van der Waals surface area contributed by atoms with Gasteiger partial charge in [-0.2, -0.15) is 5.21 Å². The van der Waals surface area contributed by atoms with Gasteiger partial charge in [-0.05, 0) is 0 Å². The van der Waals surface area contributed by atoms with Crippen molar-refractivity contribution < 1.29 is 0 Å². The first-order chi connectivity index (χ1) is 6.86. The normalized spacial score (nSPS) is 10.6. The first kappa shape index (κ1) is 8.75. The van der Waals surface area contributed by atoms with Crippen LogP contribution in [-0.2, 0) is 20.1 Å². The van der Waals surface area contributed by atoms with E-state index in [4.69, 9.17) is 0 Å². The van der Waals surface area contributed by atoms with E-state index in [1.54, 1.807) is 10.9 Å². The zero-order chi connectivity index (χ0) is 9.80. The summed E-state index contributed by atoms with van der Waals surface area (Å²) in [6, 6.07) is 0. The molecule has 0 saturated heterocycles. The minimum absolute atomic E-state index is 0.571. The molecule has 0 spiro atoms. The zero-order valence-corrected chi connectivity index (χ0v) is 7.67. The Balaban J connectivity index is 1.81. The quantitative estimate of drug-likeness (QED) is 0.622. The Morgan fingerprint density at radius 1 is 1.50 bits per heavy atom. The van der Waals surface area contributed by atoms with Crippen LogP contribution in [0.5, 0.6) is 0 Å². The Morgan fingerprint density at radius 2 is 2.43 bits per heavy atom. The van der Waals surface area contributed by atoms with Crippen molar-refractivity contribution in [3.8, 4) is 0 Å². The fourth-order valence-electron chi connectivity index (χ4n) is 1.03. The molecule has 8 nitrogen and oxygen atoms in total. The molecule has 74 valence electrons. The van der Waals surface area contributed by atoms with E-state index < -0.39 is 0 Å². The highest BCUT2D eigenvalue weighted by Crippen LogP contribution is 1.92. The third-order valence-electron chi connectivity index (χ3n) is 1.79. The van der Waals surface area contributed by atoms with Crippen molar-refractivity contribution >= 4 is 0 Å². The number of nitrogens with one attached hydrogen (secondary N) is 2. The molecule has 0 bridgehead atoms. The molecule has 2 aromatic rings. The van der Waals surface area contributed by atoms with Gasteiger partial charge in [0.25, 0.3) is 0 Å². The molecule has 2 aromatic heterocycles. The van der Waals surface area contributed by atoms with E-state index >= 15 is 0 Å². The number of H-pyrrole nitrogens is 1. The maximum atomic E-state index is 3.81. The maximum absolute atomic E-state index is 3.81. The van der Waals surface area contributed by atoms with Gasteiger partial charge in [0.15, 0.2) is 5.82 Å². The average molecular weight is 194 g/mol. The van der Waals surface area contributed by atoms with Gasteiger partial charge in [0.2, 0.25) is 0 Å². The molecule has 2 rings (SSSR count). The minimum atomic E-state index is 0.571. The molecular weight excluding hydrogens is 184 g/mol. The maximum Gasteiger partial charge on any atom is 0.188 e. The fourth-order valence-corrected chi connectivity index (χ4v) is 1.03. The van der Waals surface area contributed by atoms with Gasteiger partial charge in [-0.3, -0.25) is 4.68 Å². The molecule has 0 unspecified atom stereocenters. The van der Waals surface area contributed by atoms with Crippen LogP contribution in [0.25, 0.3) is 0 Å². The lowest BCUT2D eigenvalue weighted by atomic mass is 10.4. The Hall–Kier alpha value is -1.83. The van der Waals surface area contributed by atoms with Crippen LogP contribution in [0, 0.1) is 0 Å². The van der Waals surface area contributed by atoms with Crippen LogP contribution in [-0.4, -0.2) is 35.6 Å². The van der Waals surface area contributed by atoms with Crippen LogP contribution >= 0.6 is 0 Å². The number of hydrogen-bond donors (Lipinski definition) is 2. The van der Waals surface area contributed by atoms with E-state index in [1.807, 2.05) is 7.05 Å². The van der Waals surface area contributed by atoms with Crippen molar-refractivity contribution in [3.05, 3.63) is 17.7 Å². The first-order valence-electron chi connectivity index (χ1n) is 4.13. The van der Waals surface area contributed by atoms with Crippen LogP contribution in [0.1, 0.15) is 11.5 Å². The summed E-state index contributed by atoms with van der Waals surface area (Å²) in [5.41, 5.74) is 1.01. The second-order valence-corrected chi connectivity index (χ2v) is 2.78. The predicted octanol–water partition coefficient (Wildman–Crippen LogP) is -1.38. The van der Waals surface area contributed by atoms with Gasteiger partial charge in [-0.25, -0.2) is 0 Å². The van der Waals surface area contributed by atoms with Crippen molar-refractivity contribution in [2.24, 2.45) is 7.05 Å². The monoisotopic (exact) mass is 194 g/mol. The van der Waals surface area contributed by atoms with Gasteiger partial charge >= 0.3 is 0 Å². The van der Waals surface area contributed by atoms with Crippen molar-refractivity contribution in [2.75, 3.05) is 0 Å². The van der Waals surface area contributed by atoms with Gasteiger partial charge in [0.05, 0.1) is 18.4 Å². The molecule has 2 heterocycles. The SMILES string of the molecule is Cn1nncc1CNCc1nn[nH]n1. The second kappa shape index (κ2) is 3.92. The molecule has 0 radical (unpaired) electrons. The third kappa shape index (κ3) is 1.91. The number of nitrogens with zero attached hydrogens (tertiary/aromatic N) is 6. The van der Waals surface area contributed by atoms with Gasteiger partial charge in [0.1, 0.15) is 0 Å². The lowest BCUT2D eigenvalue weighted by Crippen LogP contribution is -2.16. The van der Waals surface area contributed by atoms with Gasteiger partial charge in [-0.1, -0.05) is 10.4 Å². The van der Waals surface area contributed by atoms with Crippen LogP contribution in [0.15, 0.2) is 6.20 Å². The van der Waals surface area contributed by atoms with Crippen molar-refractivity contribution in [3.63, 3.8) is 0 Å². The van der Waals surface area contributed by atoms with Crippen molar-refractivity contribution in [1.82, 2.24) is 40.9 Å². The number of aryl methyl sites for hydroxylation is 1. The molecule has 0 aliphatic rings. The average Bonchev–Trinajstić information content (AvgIpc) is 2.78. The van der Waals surface area contributed by atoms with E-state index in [2.05, 4.69) is 36.3 Å². The minimum Gasteiger partial charge on any atom is -0.304 e. The Bertz CT molecular complexity index is 376. The fraction of sp³-hybridized carbons (Fsp3) is 0.500. The molecule has 0 aromatic carbocycles. The summed E-state index contributed by atoms with van der Waals surface area (Å²) in [6.45, 7) is 1.25. The van der Waals surface area contributed by atoms with E-state index in [0.29, 0.717) is 18.9 Å². The van der Waals surface area contributed by atoms with Gasteiger partial charge in [-0.15, -0.1) is 15.3 Å². The summed E-state index contributed by atoms with van der Waals surface area (Å²) in [6.07, 6.45) is 1.71. The highest BCUT2D eigenvalue weighted by molar-refractivity contribution is 4.92. The van der Waals surface area contributed by atoms with Crippen molar-refractivity contribution in [2.45, 2.75) is 13.1 Å². The standard InChI is InChI=1S/C6H10N8/c1-14-5(3-8-13-14)2-7-4-6-9-11-12-10-6/h3,7H,2,4H2,1H3,(H,9,10,11,12). The summed E-state index contributed by atoms with van der Waals surface area (Å²) < 4.78 is 1.71. The van der Waals surface area contributed by atoms with Crippen LogP contribution in [0.4, 0.5) is 0 Å². The molecule has 2 N–H and O–H groups in total. The molecule has 14 heavy (non-hydrogen) atoms. The lowest BCUT2D eigenvalue weighted by Gasteiger charge is -2.00.